The molecule has 5 nitrogen and oxygen atoms in total. The second kappa shape index (κ2) is 6.58. The molecule has 2 rings (SSSR count). The summed E-state index contributed by atoms with van der Waals surface area (Å²) in [6.45, 7) is 2.12. The molecular formula is C15H21NO4S. The molecule has 0 bridgehead atoms. The molecule has 1 aromatic carbocycles. The van der Waals surface area contributed by atoms with Crippen LogP contribution in [0.3, 0.4) is 0 Å². The third kappa shape index (κ3) is 4.54. The van der Waals surface area contributed by atoms with Crippen LogP contribution in [0.1, 0.15) is 48.0 Å². The molecule has 0 spiro atoms. The molecule has 2 N–H and O–H groups in total. The van der Waals surface area contributed by atoms with Gasteiger partial charge in [-0.2, -0.15) is 0 Å². The van der Waals surface area contributed by atoms with Gasteiger partial charge in [-0.25, -0.2) is 18.4 Å². The minimum atomic E-state index is -3.82. The second-order valence-corrected chi connectivity index (χ2v) is 7.24. The van der Waals surface area contributed by atoms with Gasteiger partial charge in [0.1, 0.15) is 0 Å². The fourth-order valence-corrected chi connectivity index (χ4v) is 3.30. The number of nitrogens with two attached hydrogens (primary N) is 1. The summed E-state index contributed by atoms with van der Waals surface area (Å²) in [4.78, 5) is 12.0. The van der Waals surface area contributed by atoms with E-state index in [1.807, 2.05) is 0 Å². The summed E-state index contributed by atoms with van der Waals surface area (Å²) >= 11 is 0. The molecule has 116 valence electrons. The number of primary sulfonamides is 1. The van der Waals surface area contributed by atoms with E-state index in [9.17, 15) is 13.2 Å². The Labute approximate surface area is 125 Å². The van der Waals surface area contributed by atoms with Gasteiger partial charge in [-0.15, -0.1) is 0 Å². The summed E-state index contributed by atoms with van der Waals surface area (Å²) in [5.41, 5.74) is 0.890. The van der Waals surface area contributed by atoms with Crippen LogP contribution in [-0.2, 0) is 14.8 Å². The molecule has 1 aliphatic carbocycles. The van der Waals surface area contributed by atoms with E-state index >= 15 is 0 Å². The van der Waals surface area contributed by atoms with Gasteiger partial charge in [0.2, 0.25) is 10.0 Å². The Hall–Kier alpha value is -1.40. The Morgan fingerprint density at radius 2 is 1.90 bits per heavy atom. The molecule has 0 heterocycles. The maximum atomic E-state index is 12.1. The van der Waals surface area contributed by atoms with Crippen molar-refractivity contribution in [3.63, 3.8) is 0 Å². The summed E-state index contributed by atoms with van der Waals surface area (Å²) in [7, 11) is -3.82. The number of carbonyl (C=O) groups is 1. The molecule has 0 aliphatic heterocycles. The Kier molecular flexibility index (Phi) is 5.00. The standard InChI is InChI=1S/C15H21NO4S/c1-11-7-13(9-14(8-11)21(16,18)19)15(17)20-10-12-5-3-2-4-6-12/h7-9,12H,2-6,10H2,1H3,(H2,16,18,19). The molecule has 1 aliphatic rings. The van der Waals surface area contributed by atoms with Crippen molar-refractivity contribution < 1.29 is 17.9 Å². The fraction of sp³-hybridized carbons (Fsp3) is 0.533. The Morgan fingerprint density at radius 1 is 1.24 bits per heavy atom. The van der Waals surface area contributed by atoms with Crippen LogP contribution in [0.15, 0.2) is 23.1 Å². The van der Waals surface area contributed by atoms with Gasteiger partial charge < -0.3 is 4.74 Å². The van der Waals surface area contributed by atoms with E-state index in [-0.39, 0.29) is 10.5 Å². The van der Waals surface area contributed by atoms with Gasteiger partial charge in [0.15, 0.2) is 0 Å². The van der Waals surface area contributed by atoms with E-state index in [1.54, 1.807) is 13.0 Å². The summed E-state index contributed by atoms with van der Waals surface area (Å²) in [6.07, 6.45) is 5.79. The average molecular weight is 311 g/mol. The molecule has 0 atom stereocenters. The molecule has 0 saturated heterocycles. The van der Waals surface area contributed by atoms with Crippen LogP contribution < -0.4 is 5.14 Å². The predicted molar refractivity (Wildman–Crippen MR) is 79.4 cm³/mol. The van der Waals surface area contributed by atoms with E-state index in [0.717, 1.165) is 12.8 Å². The number of benzene rings is 1. The first-order valence-electron chi connectivity index (χ1n) is 7.18. The van der Waals surface area contributed by atoms with Gasteiger partial charge in [0.05, 0.1) is 17.1 Å². The Morgan fingerprint density at radius 3 is 2.52 bits per heavy atom. The van der Waals surface area contributed by atoms with E-state index in [1.165, 1.54) is 31.4 Å². The van der Waals surface area contributed by atoms with Crippen molar-refractivity contribution in [3.05, 3.63) is 29.3 Å². The molecule has 1 fully saturated rings. The third-order valence-electron chi connectivity index (χ3n) is 3.79. The van der Waals surface area contributed by atoms with Crippen LogP contribution in [0.25, 0.3) is 0 Å². The van der Waals surface area contributed by atoms with Crippen LogP contribution in [0, 0.1) is 12.8 Å². The zero-order valence-electron chi connectivity index (χ0n) is 12.2. The Balaban J connectivity index is 2.06. The first kappa shape index (κ1) is 16.0. The maximum Gasteiger partial charge on any atom is 0.338 e. The molecular weight excluding hydrogens is 290 g/mol. The summed E-state index contributed by atoms with van der Waals surface area (Å²) in [5.74, 6) is -0.0700. The third-order valence-corrected chi connectivity index (χ3v) is 4.68. The number of hydrogen-bond acceptors (Lipinski definition) is 4. The highest BCUT2D eigenvalue weighted by atomic mass is 32.2. The summed E-state index contributed by atoms with van der Waals surface area (Å²) in [6, 6.07) is 4.32. The van der Waals surface area contributed by atoms with Gasteiger partial charge in [-0.1, -0.05) is 19.3 Å². The van der Waals surface area contributed by atoms with E-state index < -0.39 is 16.0 Å². The lowest BCUT2D eigenvalue weighted by Gasteiger charge is -2.21. The molecule has 21 heavy (non-hydrogen) atoms. The lowest BCUT2D eigenvalue weighted by molar-refractivity contribution is 0.0410. The van der Waals surface area contributed by atoms with E-state index in [2.05, 4.69) is 0 Å². The highest BCUT2D eigenvalue weighted by Crippen LogP contribution is 2.24. The molecule has 1 aromatic rings. The lowest BCUT2D eigenvalue weighted by atomic mass is 9.90. The van der Waals surface area contributed by atoms with Crippen molar-refractivity contribution >= 4 is 16.0 Å². The quantitative estimate of drug-likeness (QED) is 0.865. The SMILES string of the molecule is Cc1cc(C(=O)OCC2CCCCC2)cc(S(N)(=O)=O)c1. The normalized spacial score (nSPS) is 16.7. The number of ether oxygens (including phenoxy) is 1. The monoisotopic (exact) mass is 311 g/mol. The zero-order valence-corrected chi connectivity index (χ0v) is 13.0. The lowest BCUT2D eigenvalue weighted by Crippen LogP contribution is -2.18. The van der Waals surface area contributed by atoms with Gasteiger partial charge in [0.25, 0.3) is 0 Å². The highest BCUT2D eigenvalue weighted by Gasteiger charge is 2.18. The van der Waals surface area contributed by atoms with Crippen molar-refractivity contribution in [1.29, 1.82) is 0 Å². The van der Waals surface area contributed by atoms with Crippen LogP contribution in [0.4, 0.5) is 0 Å². The molecule has 0 radical (unpaired) electrons. The second-order valence-electron chi connectivity index (χ2n) is 5.68. The Bertz CT molecular complexity index is 619. The van der Waals surface area contributed by atoms with Gasteiger partial charge in [0, 0.05) is 0 Å². The van der Waals surface area contributed by atoms with Crippen molar-refractivity contribution in [2.45, 2.75) is 43.9 Å². The first-order chi connectivity index (χ1) is 9.86. The molecule has 1 saturated carbocycles. The van der Waals surface area contributed by atoms with E-state index in [0.29, 0.717) is 18.1 Å². The van der Waals surface area contributed by atoms with Crippen molar-refractivity contribution in [1.82, 2.24) is 0 Å². The van der Waals surface area contributed by atoms with Gasteiger partial charge >= 0.3 is 5.97 Å². The minimum absolute atomic E-state index is 0.0629. The number of rotatable bonds is 4. The number of hydrogen-bond donors (Lipinski definition) is 1. The summed E-state index contributed by atoms with van der Waals surface area (Å²) < 4.78 is 28.1. The van der Waals surface area contributed by atoms with Crippen molar-refractivity contribution in [2.75, 3.05) is 6.61 Å². The maximum absolute atomic E-state index is 12.1. The molecule has 0 amide bonds. The first-order valence-corrected chi connectivity index (χ1v) is 8.72. The highest BCUT2D eigenvalue weighted by molar-refractivity contribution is 7.89. The van der Waals surface area contributed by atoms with Gasteiger partial charge in [-0.05, 0) is 49.4 Å². The minimum Gasteiger partial charge on any atom is -0.462 e. The van der Waals surface area contributed by atoms with Gasteiger partial charge in [-0.3, -0.25) is 0 Å². The molecule has 0 unspecified atom stereocenters. The van der Waals surface area contributed by atoms with Crippen LogP contribution in [0.2, 0.25) is 0 Å². The van der Waals surface area contributed by atoms with Crippen LogP contribution >= 0.6 is 0 Å². The molecule has 0 aromatic heterocycles. The van der Waals surface area contributed by atoms with Crippen LogP contribution in [0.5, 0.6) is 0 Å². The number of carbonyl (C=O) groups excluding carboxylic acids is 1. The van der Waals surface area contributed by atoms with E-state index in [4.69, 9.17) is 9.88 Å². The smallest absolute Gasteiger partial charge is 0.338 e. The van der Waals surface area contributed by atoms with Crippen molar-refractivity contribution in [2.24, 2.45) is 11.1 Å². The number of aryl methyl sites for hydroxylation is 1. The zero-order chi connectivity index (χ0) is 15.5. The molecule has 6 heteroatoms. The summed E-state index contributed by atoms with van der Waals surface area (Å²) in [5, 5.41) is 5.11. The largest absolute Gasteiger partial charge is 0.462 e. The average Bonchev–Trinajstić information content (AvgIpc) is 2.44. The van der Waals surface area contributed by atoms with Crippen LogP contribution in [-0.4, -0.2) is 21.0 Å². The van der Waals surface area contributed by atoms with Crippen molar-refractivity contribution in [3.8, 4) is 0 Å². The predicted octanol–water partition coefficient (Wildman–Crippen LogP) is 2.38. The number of sulfonamides is 1. The number of esters is 1. The fourth-order valence-electron chi connectivity index (χ4n) is 2.66. The topological polar surface area (TPSA) is 86.5 Å².